The van der Waals surface area contributed by atoms with E-state index in [0.717, 1.165) is 42.5 Å². The molecule has 2 aromatic rings. The molecule has 0 aliphatic carbocycles. The van der Waals surface area contributed by atoms with Gasteiger partial charge < -0.3 is 15.3 Å². The predicted molar refractivity (Wildman–Crippen MR) is 110 cm³/mol. The van der Waals surface area contributed by atoms with E-state index in [1.54, 1.807) is 0 Å². The quantitative estimate of drug-likeness (QED) is 0.786. The Morgan fingerprint density at radius 3 is 2.59 bits per heavy atom. The van der Waals surface area contributed by atoms with Gasteiger partial charge in [-0.15, -0.1) is 12.4 Å². The van der Waals surface area contributed by atoms with E-state index >= 15 is 0 Å². The Hall–Kier alpha value is -2.41. The third kappa shape index (κ3) is 4.13. The summed E-state index contributed by atoms with van der Waals surface area (Å²) in [6, 6.07) is 14.2. The molecular formula is C20H23ClN4O2. The van der Waals surface area contributed by atoms with Crippen LogP contribution >= 0.6 is 12.4 Å². The van der Waals surface area contributed by atoms with Crippen molar-refractivity contribution in [3.8, 4) is 0 Å². The van der Waals surface area contributed by atoms with Gasteiger partial charge in [-0.2, -0.15) is 4.99 Å². The largest absolute Gasteiger partial charge is 0.395 e. The number of β-amino-alcohol motifs (C(OH)–C–C–N with tert-alkyl or cyclic N) is 1. The van der Waals surface area contributed by atoms with Crippen LogP contribution in [0.25, 0.3) is 16.8 Å². The van der Waals surface area contributed by atoms with Crippen LogP contribution in [0.2, 0.25) is 0 Å². The molecule has 6 nitrogen and oxygen atoms in total. The first-order chi connectivity index (χ1) is 12.7. The molecule has 0 saturated carbocycles. The smallest absolute Gasteiger partial charge is 0.296 e. The summed E-state index contributed by atoms with van der Waals surface area (Å²) in [6.07, 6.45) is 1.88. The number of nitrogens with zero attached hydrogens (tertiary/aromatic N) is 3. The molecule has 0 unspecified atom stereocenters. The fourth-order valence-corrected chi connectivity index (χ4v) is 3.46. The zero-order valence-corrected chi connectivity index (χ0v) is 15.8. The maximum absolute atomic E-state index is 12.3. The number of amides is 1. The molecule has 2 aromatic carbocycles. The summed E-state index contributed by atoms with van der Waals surface area (Å²) in [5.41, 5.74) is 1.51. The minimum Gasteiger partial charge on any atom is -0.395 e. The first-order valence-corrected chi connectivity index (χ1v) is 8.92. The van der Waals surface area contributed by atoms with Crippen LogP contribution in [0.1, 0.15) is 5.56 Å². The number of carbonyl (C=O) groups is 1. The van der Waals surface area contributed by atoms with Gasteiger partial charge in [0.2, 0.25) is 5.96 Å². The Labute approximate surface area is 164 Å². The van der Waals surface area contributed by atoms with Gasteiger partial charge in [0, 0.05) is 32.7 Å². The molecule has 1 saturated heterocycles. The highest BCUT2D eigenvalue weighted by Crippen LogP contribution is 2.21. The lowest BCUT2D eigenvalue weighted by molar-refractivity contribution is -0.114. The molecule has 7 heteroatoms. The van der Waals surface area contributed by atoms with Crippen LogP contribution < -0.4 is 5.32 Å². The van der Waals surface area contributed by atoms with E-state index in [1.165, 1.54) is 0 Å². The van der Waals surface area contributed by atoms with Crippen LogP contribution in [-0.4, -0.2) is 66.1 Å². The van der Waals surface area contributed by atoms with Crippen molar-refractivity contribution in [2.45, 2.75) is 0 Å². The van der Waals surface area contributed by atoms with E-state index in [-0.39, 0.29) is 24.9 Å². The number of aliphatic hydroxyl groups is 1. The van der Waals surface area contributed by atoms with Gasteiger partial charge in [-0.05, 0) is 22.4 Å². The van der Waals surface area contributed by atoms with Crippen LogP contribution in [-0.2, 0) is 4.79 Å². The van der Waals surface area contributed by atoms with Crippen LogP contribution in [0.5, 0.6) is 0 Å². The van der Waals surface area contributed by atoms with Crippen molar-refractivity contribution in [3.63, 3.8) is 0 Å². The van der Waals surface area contributed by atoms with Gasteiger partial charge in [-0.25, -0.2) is 0 Å². The number of hydrogen-bond donors (Lipinski definition) is 2. The van der Waals surface area contributed by atoms with Crippen molar-refractivity contribution in [1.29, 1.82) is 0 Å². The number of aliphatic imine (C=N–C) groups is 1. The first kappa shape index (κ1) is 19.4. The van der Waals surface area contributed by atoms with E-state index in [2.05, 4.69) is 38.3 Å². The number of halogens is 1. The highest BCUT2D eigenvalue weighted by atomic mass is 35.5. The van der Waals surface area contributed by atoms with Crippen molar-refractivity contribution in [2.75, 3.05) is 39.3 Å². The Morgan fingerprint density at radius 2 is 1.81 bits per heavy atom. The molecule has 27 heavy (non-hydrogen) atoms. The van der Waals surface area contributed by atoms with Crippen LogP contribution in [0.3, 0.4) is 0 Å². The Bertz CT molecular complexity index is 883. The second kappa shape index (κ2) is 8.52. The number of aliphatic hydroxyl groups excluding tert-OH is 1. The highest BCUT2D eigenvalue weighted by Gasteiger charge is 2.27. The molecule has 0 bridgehead atoms. The predicted octanol–water partition coefficient (Wildman–Crippen LogP) is 1.70. The molecule has 0 radical (unpaired) electrons. The zero-order valence-electron chi connectivity index (χ0n) is 15.0. The molecule has 142 valence electrons. The molecule has 2 aliphatic heterocycles. The Kier molecular flexibility index (Phi) is 6.11. The summed E-state index contributed by atoms with van der Waals surface area (Å²) in [7, 11) is 0. The number of piperazine rings is 1. The molecule has 2 aliphatic rings. The van der Waals surface area contributed by atoms with E-state index in [0.29, 0.717) is 18.2 Å². The molecule has 4 rings (SSSR count). The number of carbonyl (C=O) groups excluding carboxylic acids is 1. The summed E-state index contributed by atoms with van der Waals surface area (Å²) in [5.74, 6) is 0.399. The van der Waals surface area contributed by atoms with E-state index in [4.69, 9.17) is 5.11 Å². The van der Waals surface area contributed by atoms with Crippen LogP contribution in [0, 0.1) is 0 Å². The fraction of sp³-hybridized carbons (Fsp3) is 0.300. The fourth-order valence-electron chi connectivity index (χ4n) is 3.46. The number of benzene rings is 2. The van der Waals surface area contributed by atoms with Gasteiger partial charge in [-0.1, -0.05) is 42.5 Å². The molecular weight excluding hydrogens is 364 g/mol. The molecule has 1 fully saturated rings. The van der Waals surface area contributed by atoms with Crippen molar-refractivity contribution in [3.05, 3.63) is 53.7 Å². The average molecular weight is 387 g/mol. The summed E-state index contributed by atoms with van der Waals surface area (Å²) >= 11 is 0. The normalized spacial score (nSPS) is 19.1. The lowest BCUT2D eigenvalue weighted by Crippen LogP contribution is -2.51. The third-order valence-electron chi connectivity index (χ3n) is 4.90. The van der Waals surface area contributed by atoms with Crippen LogP contribution in [0.4, 0.5) is 0 Å². The number of fused-ring (bicyclic) bond motifs is 1. The summed E-state index contributed by atoms with van der Waals surface area (Å²) < 4.78 is 0. The van der Waals surface area contributed by atoms with E-state index in [9.17, 15) is 4.79 Å². The Balaban J connectivity index is 0.00000210. The molecule has 0 spiro atoms. The van der Waals surface area contributed by atoms with E-state index in [1.807, 2.05) is 30.3 Å². The molecule has 0 aromatic heterocycles. The van der Waals surface area contributed by atoms with Gasteiger partial charge in [0.15, 0.2) is 0 Å². The minimum atomic E-state index is -0.231. The highest BCUT2D eigenvalue weighted by molar-refractivity contribution is 6.13. The number of hydrogen-bond acceptors (Lipinski definition) is 5. The Morgan fingerprint density at radius 1 is 1.07 bits per heavy atom. The zero-order chi connectivity index (χ0) is 17.9. The average Bonchev–Trinajstić information content (AvgIpc) is 3.03. The summed E-state index contributed by atoms with van der Waals surface area (Å²) in [5, 5.41) is 14.5. The number of guanidine groups is 1. The maximum atomic E-state index is 12.3. The first-order valence-electron chi connectivity index (χ1n) is 8.92. The SMILES string of the molecule is Cl.O=C1N=C(N2CCN(CCO)CC2)N/C1=C\c1cccc2ccccc12. The maximum Gasteiger partial charge on any atom is 0.296 e. The second-order valence-corrected chi connectivity index (χ2v) is 6.54. The monoisotopic (exact) mass is 386 g/mol. The van der Waals surface area contributed by atoms with Gasteiger partial charge >= 0.3 is 0 Å². The van der Waals surface area contributed by atoms with Crippen molar-refractivity contribution >= 4 is 41.1 Å². The van der Waals surface area contributed by atoms with Gasteiger partial charge in [-0.3, -0.25) is 9.69 Å². The van der Waals surface area contributed by atoms with Crippen molar-refractivity contribution < 1.29 is 9.90 Å². The van der Waals surface area contributed by atoms with Crippen LogP contribution in [0.15, 0.2) is 53.2 Å². The standard InChI is InChI=1S/C20H22N4O2.ClH/c25-13-12-23-8-10-24(11-9-23)20-21-18(19(26)22-20)14-16-6-3-5-15-4-1-2-7-17(15)16;/h1-7,14,25H,8-13H2,(H,21,22,26);1H/b18-14-;. The van der Waals surface area contributed by atoms with Gasteiger partial charge in [0.05, 0.1) is 6.61 Å². The topological polar surface area (TPSA) is 68.2 Å². The number of rotatable bonds is 3. The molecule has 1 amide bonds. The van der Waals surface area contributed by atoms with Gasteiger partial charge in [0.1, 0.15) is 5.70 Å². The number of nitrogens with one attached hydrogen (secondary N) is 1. The summed E-state index contributed by atoms with van der Waals surface area (Å²) in [4.78, 5) is 20.8. The molecule has 2 N–H and O–H groups in total. The van der Waals surface area contributed by atoms with E-state index < -0.39 is 0 Å². The molecule has 2 heterocycles. The lowest BCUT2D eigenvalue weighted by atomic mass is 10.0. The lowest BCUT2D eigenvalue weighted by Gasteiger charge is -2.35. The third-order valence-corrected chi connectivity index (χ3v) is 4.90. The minimum absolute atomic E-state index is 0. The molecule has 0 atom stereocenters. The second-order valence-electron chi connectivity index (χ2n) is 6.54. The summed E-state index contributed by atoms with van der Waals surface area (Å²) in [6.45, 7) is 4.17. The van der Waals surface area contributed by atoms with Crippen molar-refractivity contribution in [1.82, 2.24) is 15.1 Å². The van der Waals surface area contributed by atoms with Gasteiger partial charge in [0.25, 0.3) is 5.91 Å². The van der Waals surface area contributed by atoms with Crippen molar-refractivity contribution in [2.24, 2.45) is 4.99 Å².